The van der Waals surface area contributed by atoms with Crippen LogP contribution in [0.1, 0.15) is 11.8 Å². The molecule has 0 saturated heterocycles. The number of hydrogen-bond acceptors (Lipinski definition) is 4. The largest absolute Gasteiger partial charge is 0.506 e. The highest BCUT2D eigenvalue weighted by atomic mass is 35.5. The monoisotopic (exact) mass is 255 g/mol. The minimum Gasteiger partial charge on any atom is -0.506 e. The molecule has 0 unspecified atom stereocenters. The SMILES string of the molecule is CCOC(=N)c1sc2cc(Cl)ccc2c1O. The third-order valence-electron chi connectivity index (χ3n) is 2.12. The molecule has 1 aromatic heterocycles. The van der Waals surface area contributed by atoms with Gasteiger partial charge in [-0.3, -0.25) is 5.41 Å². The summed E-state index contributed by atoms with van der Waals surface area (Å²) < 4.78 is 5.92. The van der Waals surface area contributed by atoms with Crippen LogP contribution in [0.25, 0.3) is 10.1 Å². The first kappa shape index (κ1) is 11.2. The molecule has 0 atom stereocenters. The molecule has 1 heterocycles. The van der Waals surface area contributed by atoms with Crippen molar-refractivity contribution in [2.75, 3.05) is 6.61 Å². The summed E-state index contributed by atoms with van der Waals surface area (Å²) in [6.07, 6.45) is 0. The maximum atomic E-state index is 9.92. The predicted octanol–water partition coefficient (Wildman–Crippen LogP) is 3.62. The third kappa shape index (κ3) is 1.86. The highest BCUT2D eigenvalue weighted by Crippen LogP contribution is 2.38. The number of aromatic hydroxyl groups is 1. The molecular formula is C11H10ClNO2S. The van der Waals surface area contributed by atoms with Crippen LogP contribution in [0.3, 0.4) is 0 Å². The Bertz CT molecular complexity index is 550. The van der Waals surface area contributed by atoms with Crippen molar-refractivity contribution in [2.45, 2.75) is 6.92 Å². The summed E-state index contributed by atoms with van der Waals surface area (Å²) in [6.45, 7) is 2.21. The van der Waals surface area contributed by atoms with E-state index in [1.807, 2.05) is 0 Å². The van der Waals surface area contributed by atoms with Crippen LogP contribution in [0.15, 0.2) is 18.2 Å². The van der Waals surface area contributed by atoms with Gasteiger partial charge in [0.15, 0.2) is 0 Å². The van der Waals surface area contributed by atoms with Gasteiger partial charge >= 0.3 is 0 Å². The van der Waals surface area contributed by atoms with Crippen LogP contribution in [0.4, 0.5) is 0 Å². The van der Waals surface area contributed by atoms with Crippen LogP contribution in [0.5, 0.6) is 5.75 Å². The van der Waals surface area contributed by atoms with Crippen LogP contribution in [0, 0.1) is 5.41 Å². The van der Waals surface area contributed by atoms with Gasteiger partial charge in [0.1, 0.15) is 10.6 Å². The third-order valence-corrected chi connectivity index (χ3v) is 3.50. The molecule has 0 spiro atoms. The van der Waals surface area contributed by atoms with Gasteiger partial charge in [0.05, 0.1) is 6.61 Å². The van der Waals surface area contributed by atoms with Gasteiger partial charge in [0, 0.05) is 15.1 Å². The van der Waals surface area contributed by atoms with Crippen LogP contribution in [-0.4, -0.2) is 17.6 Å². The van der Waals surface area contributed by atoms with Crippen LogP contribution < -0.4 is 0 Å². The molecule has 16 heavy (non-hydrogen) atoms. The molecule has 3 nitrogen and oxygen atoms in total. The zero-order chi connectivity index (χ0) is 11.7. The molecule has 84 valence electrons. The summed E-state index contributed by atoms with van der Waals surface area (Å²) in [7, 11) is 0. The second kappa shape index (κ2) is 4.31. The molecule has 0 bridgehead atoms. The molecule has 1 aromatic carbocycles. The molecule has 0 saturated carbocycles. The van der Waals surface area contributed by atoms with E-state index >= 15 is 0 Å². The number of halogens is 1. The maximum absolute atomic E-state index is 9.92. The molecule has 2 rings (SSSR count). The fourth-order valence-electron chi connectivity index (χ4n) is 1.42. The van der Waals surface area contributed by atoms with Gasteiger partial charge in [-0.15, -0.1) is 11.3 Å². The van der Waals surface area contributed by atoms with E-state index in [0.717, 1.165) is 4.70 Å². The summed E-state index contributed by atoms with van der Waals surface area (Å²) in [5, 5.41) is 18.9. The van der Waals surface area contributed by atoms with Crippen LogP contribution in [-0.2, 0) is 4.74 Å². The molecule has 2 N–H and O–H groups in total. The van der Waals surface area contributed by atoms with Crippen molar-refractivity contribution in [3.63, 3.8) is 0 Å². The molecule has 0 radical (unpaired) electrons. The first-order valence-corrected chi connectivity index (χ1v) is 5.95. The van der Waals surface area contributed by atoms with Crippen molar-refractivity contribution in [3.8, 4) is 5.75 Å². The zero-order valence-corrected chi connectivity index (χ0v) is 10.2. The number of rotatable bonds is 2. The van der Waals surface area contributed by atoms with Gasteiger partial charge < -0.3 is 9.84 Å². The molecule has 0 amide bonds. The zero-order valence-electron chi connectivity index (χ0n) is 8.58. The average Bonchev–Trinajstić information content (AvgIpc) is 2.56. The fraction of sp³-hybridized carbons (Fsp3) is 0.182. The summed E-state index contributed by atoms with van der Waals surface area (Å²) in [5.74, 6) is 0.0902. The predicted molar refractivity (Wildman–Crippen MR) is 67.0 cm³/mol. The van der Waals surface area contributed by atoms with Crippen molar-refractivity contribution >= 4 is 38.9 Å². The van der Waals surface area contributed by atoms with E-state index in [-0.39, 0.29) is 11.6 Å². The van der Waals surface area contributed by atoms with Gasteiger partial charge in [0.25, 0.3) is 0 Å². The number of hydrogen-bond donors (Lipinski definition) is 2. The lowest BCUT2D eigenvalue weighted by molar-refractivity contribution is 0.325. The highest BCUT2D eigenvalue weighted by molar-refractivity contribution is 7.21. The highest BCUT2D eigenvalue weighted by Gasteiger charge is 2.16. The summed E-state index contributed by atoms with van der Waals surface area (Å²) in [4.78, 5) is 0.444. The Balaban J connectivity index is 2.55. The normalized spacial score (nSPS) is 10.6. The first-order chi connectivity index (χ1) is 7.63. The lowest BCUT2D eigenvalue weighted by Crippen LogP contribution is -2.02. The van der Waals surface area contributed by atoms with Gasteiger partial charge in [-0.1, -0.05) is 11.6 Å². The first-order valence-electron chi connectivity index (χ1n) is 4.76. The summed E-state index contributed by atoms with van der Waals surface area (Å²) in [6, 6.07) is 5.22. The molecule has 5 heteroatoms. The molecule has 0 fully saturated rings. The Morgan fingerprint density at radius 3 is 3.00 bits per heavy atom. The fourth-order valence-corrected chi connectivity index (χ4v) is 2.70. The van der Waals surface area contributed by atoms with E-state index in [1.165, 1.54) is 11.3 Å². The van der Waals surface area contributed by atoms with E-state index < -0.39 is 0 Å². The lowest BCUT2D eigenvalue weighted by atomic mass is 10.2. The van der Waals surface area contributed by atoms with E-state index in [0.29, 0.717) is 21.9 Å². The average molecular weight is 256 g/mol. The quantitative estimate of drug-likeness (QED) is 0.636. The second-order valence-electron chi connectivity index (χ2n) is 3.18. The minimum atomic E-state index is -0.00248. The van der Waals surface area contributed by atoms with Crippen molar-refractivity contribution in [1.82, 2.24) is 0 Å². The molecule has 0 aliphatic carbocycles. The molecular weight excluding hydrogens is 246 g/mol. The Labute approximate surface area is 102 Å². The van der Waals surface area contributed by atoms with Crippen molar-refractivity contribution in [3.05, 3.63) is 28.1 Å². The maximum Gasteiger partial charge on any atom is 0.227 e. The van der Waals surface area contributed by atoms with Gasteiger partial charge in [-0.05, 0) is 25.1 Å². The van der Waals surface area contributed by atoms with E-state index in [9.17, 15) is 5.11 Å². The molecule has 0 aliphatic heterocycles. The number of fused-ring (bicyclic) bond motifs is 1. The number of nitrogens with one attached hydrogen (secondary N) is 1. The van der Waals surface area contributed by atoms with Crippen LogP contribution in [0.2, 0.25) is 5.02 Å². The van der Waals surface area contributed by atoms with Crippen molar-refractivity contribution < 1.29 is 9.84 Å². The number of benzene rings is 1. The van der Waals surface area contributed by atoms with Gasteiger partial charge in [0.2, 0.25) is 5.90 Å². The molecule has 2 aromatic rings. The van der Waals surface area contributed by atoms with Crippen LogP contribution >= 0.6 is 22.9 Å². The van der Waals surface area contributed by atoms with E-state index in [2.05, 4.69) is 0 Å². The number of thiophene rings is 1. The smallest absolute Gasteiger partial charge is 0.227 e. The topological polar surface area (TPSA) is 53.3 Å². The summed E-state index contributed by atoms with van der Waals surface area (Å²) >= 11 is 7.16. The Kier molecular flexibility index (Phi) is 3.03. The minimum absolute atomic E-state index is 0.00248. The van der Waals surface area contributed by atoms with Crippen molar-refractivity contribution in [2.24, 2.45) is 0 Å². The second-order valence-corrected chi connectivity index (χ2v) is 4.67. The standard InChI is InChI=1S/C11H10ClNO2S/c1-2-15-11(13)10-9(14)7-4-3-6(12)5-8(7)16-10/h3-5,13-14H,2H2,1H3. The van der Waals surface area contributed by atoms with E-state index in [4.69, 9.17) is 21.7 Å². The van der Waals surface area contributed by atoms with E-state index in [1.54, 1.807) is 25.1 Å². The lowest BCUT2D eigenvalue weighted by Gasteiger charge is -2.01. The van der Waals surface area contributed by atoms with Gasteiger partial charge in [-0.2, -0.15) is 0 Å². The van der Waals surface area contributed by atoms with Crippen molar-refractivity contribution in [1.29, 1.82) is 5.41 Å². The molecule has 0 aliphatic rings. The summed E-state index contributed by atoms with van der Waals surface area (Å²) in [5.41, 5.74) is 0. The Morgan fingerprint density at radius 1 is 1.56 bits per heavy atom. The Hall–Kier alpha value is -1.26. The Morgan fingerprint density at radius 2 is 2.31 bits per heavy atom. The van der Waals surface area contributed by atoms with Gasteiger partial charge in [-0.25, -0.2) is 0 Å². The number of ether oxygens (including phenoxy) is 1.